The lowest BCUT2D eigenvalue weighted by Gasteiger charge is -2.30. The molecule has 3 aliphatic rings. The van der Waals surface area contributed by atoms with Crippen molar-refractivity contribution in [2.45, 2.75) is 18.8 Å². The van der Waals surface area contributed by atoms with Gasteiger partial charge in [0.15, 0.2) is 5.78 Å². The number of carbonyl (C=O) groups excluding carboxylic acids is 2. The molecule has 0 aliphatic carbocycles. The van der Waals surface area contributed by atoms with Crippen molar-refractivity contribution >= 4 is 23.1 Å². The number of anilines is 1. The highest BCUT2D eigenvalue weighted by molar-refractivity contribution is 6.16. The number of carbonyl (C=O) groups is 2. The van der Waals surface area contributed by atoms with Crippen molar-refractivity contribution in [1.29, 1.82) is 0 Å². The van der Waals surface area contributed by atoms with Crippen LogP contribution in [-0.2, 0) is 14.3 Å². The van der Waals surface area contributed by atoms with E-state index in [4.69, 9.17) is 4.74 Å². The molecule has 0 radical (unpaired) electrons. The van der Waals surface area contributed by atoms with Crippen molar-refractivity contribution in [1.82, 2.24) is 9.80 Å². The van der Waals surface area contributed by atoms with E-state index in [0.29, 0.717) is 37.2 Å². The topological polar surface area (TPSA) is 65.4 Å². The molecule has 0 bridgehead atoms. The number of hydrogen-bond donors (Lipinski definition) is 0. The summed E-state index contributed by atoms with van der Waals surface area (Å²) in [7, 11) is 4.10. The number of benzene rings is 1. The van der Waals surface area contributed by atoms with E-state index in [9.17, 15) is 9.59 Å². The standard InChI is InChI=1S/C22H28N4O3/c1-24(2)14-16-15-26(20-6-4-3-5-19(16)20)22(28)12-17-11-18(27)13-21(23-17)25-7-9-29-10-8-25/h3-6,13,16H,7-12,14-15H2,1-2H3/t16-/m0/s1. The van der Waals surface area contributed by atoms with Gasteiger partial charge in [0.25, 0.3) is 0 Å². The molecule has 1 atom stereocenters. The highest BCUT2D eigenvalue weighted by Gasteiger charge is 2.33. The summed E-state index contributed by atoms with van der Waals surface area (Å²) in [5.74, 6) is 0.980. The van der Waals surface area contributed by atoms with Gasteiger partial charge in [-0.1, -0.05) is 18.2 Å². The van der Waals surface area contributed by atoms with Crippen molar-refractivity contribution in [2.75, 3.05) is 58.4 Å². The molecule has 0 N–H and O–H groups in total. The molecule has 154 valence electrons. The van der Waals surface area contributed by atoms with Crippen LogP contribution in [-0.4, -0.2) is 80.7 Å². The Morgan fingerprint density at radius 3 is 2.76 bits per heavy atom. The zero-order valence-electron chi connectivity index (χ0n) is 17.1. The van der Waals surface area contributed by atoms with Crippen LogP contribution in [0.3, 0.4) is 0 Å². The van der Waals surface area contributed by atoms with Gasteiger partial charge in [0.05, 0.1) is 19.6 Å². The minimum absolute atomic E-state index is 0.00786. The second-order valence-electron chi connectivity index (χ2n) is 8.12. The zero-order valence-corrected chi connectivity index (χ0v) is 17.1. The largest absolute Gasteiger partial charge is 0.378 e. The van der Waals surface area contributed by atoms with Gasteiger partial charge in [0.2, 0.25) is 5.91 Å². The van der Waals surface area contributed by atoms with Crippen LogP contribution in [0.4, 0.5) is 5.69 Å². The van der Waals surface area contributed by atoms with Gasteiger partial charge < -0.3 is 19.4 Å². The predicted octanol–water partition coefficient (Wildman–Crippen LogP) is 1.66. The van der Waals surface area contributed by atoms with Crippen molar-refractivity contribution in [3.05, 3.63) is 41.7 Å². The predicted molar refractivity (Wildman–Crippen MR) is 112 cm³/mol. The molecule has 0 saturated carbocycles. The highest BCUT2D eigenvalue weighted by atomic mass is 16.5. The Labute approximate surface area is 171 Å². The molecule has 0 spiro atoms. The lowest BCUT2D eigenvalue weighted by Crippen LogP contribution is -2.37. The average Bonchev–Trinajstić information content (AvgIpc) is 3.06. The van der Waals surface area contributed by atoms with E-state index >= 15 is 0 Å². The molecule has 29 heavy (non-hydrogen) atoms. The van der Waals surface area contributed by atoms with Gasteiger partial charge in [-0.15, -0.1) is 0 Å². The van der Waals surface area contributed by atoms with Gasteiger partial charge in [-0.05, 0) is 25.7 Å². The van der Waals surface area contributed by atoms with E-state index in [0.717, 1.165) is 25.3 Å². The maximum absolute atomic E-state index is 13.2. The summed E-state index contributed by atoms with van der Waals surface area (Å²) in [6.07, 6.45) is 1.99. The van der Waals surface area contributed by atoms with E-state index in [1.165, 1.54) is 5.56 Å². The van der Waals surface area contributed by atoms with Crippen LogP contribution in [0, 0.1) is 0 Å². The number of fused-ring (bicyclic) bond motifs is 1. The van der Waals surface area contributed by atoms with Crippen LogP contribution in [0.25, 0.3) is 0 Å². The Bertz CT molecular complexity index is 855. The number of ether oxygens (including phenoxy) is 1. The molecule has 1 aromatic carbocycles. The number of allylic oxidation sites excluding steroid dienone is 1. The third kappa shape index (κ3) is 4.41. The lowest BCUT2D eigenvalue weighted by molar-refractivity contribution is -0.117. The van der Waals surface area contributed by atoms with Crippen molar-refractivity contribution in [3.63, 3.8) is 0 Å². The van der Waals surface area contributed by atoms with Gasteiger partial charge in [-0.2, -0.15) is 0 Å². The van der Waals surface area contributed by atoms with E-state index in [1.54, 1.807) is 6.08 Å². The number of nitrogens with zero attached hydrogens (tertiary/aromatic N) is 4. The third-order valence-corrected chi connectivity index (χ3v) is 5.59. The van der Waals surface area contributed by atoms with E-state index < -0.39 is 0 Å². The second kappa shape index (κ2) is 8.47. The molecule has 7 heteroatoms. The first-order chi connectivity index (χ1) is 14.0. The van der Waals surface area contributed by atoms with Gasteiger partial charge in [0.1, 0.15) is 5.82 Å². The Hall–Kier alpha value is -2.51. The van der Waals surface area contributed by atoms with Gasteiger partial charge >= 0.3 is 0 Å². The van der Waals surface area contributed by atoms with E-state index in [-0.39, 0.29) is 24.5 Å². The fraction of sp³-hybridized carbons (Fsp3) is 0.500. The first-order valence-corrected chi connectivity index (χ1v) is 10.2. The molecule has 1 aromatic rings. The van der Waals surface area contributed by atoms with Crippen molar-refractivity contribution in [3.8, 4) is 0 Å². The molecule has 3 aliphatic heterocycles. The third-order valence-electron chi connectivity index (χ3n) is 5.59. The second-order valence-corrected chi connectivity index (χ2v) is 8.12. The molecular formula is C22H28N4O3. The number of aliphatic imine (C=N–C) groups is 1. The number of hydrogen-bond acceptors (Lipinski definition) is 6. The number of rotatable bonds is 5. The number of para-hydroxylation sites is 1. The number of amides is 1. The van der Waals surface area contributed by atoms with Gasteiger partial charge in [0, 0.05) is 56.0 Å². The van der Waals surface area contributed by atoms with Crippen LogP contribution < -0.4 is 4.90 Å². The molecule has 1 saturated heterocycles. The van der Waals surface area contributed by atoms with Gasteiger partial charge in [-0.3, -0.25) is 9.59 Å². The highest BCUT2D eigenvalue weighted by Crippen LogP contribution is 2.36. The zero-order chi connectivity index (χ0) is 20.4. The summed E-state index contributed by atoms with van der Waals surface area (Å²) in [5.41, 5.74) is 2.85. The molecule has 1 fully saturated rings. The molecule has 1 amide bonds. The van der Waals surface area contributed by atoms with Crippen molar-refractivity contribution in [2.24, 2.45) is 4.99 Å². The Kier molecular flexibility index (Phi) is 5.78. The SMILES string of the molecule is CN(C)C[C@H]1CN(C(=O)CC2=NC(N3CCOCC3)=CC(=O)C2)c2ccccc21. The van der Waals surface area contributed by atoms with Crippen molar-refractivity contribution < 1.29 is 14.3 Å². The Morgan fingerprint density at radius 1 is 1.24 bits per heavy atom. The quantitative estimate of drug-likeness (QED) is 0.757. The van der Waals surface area contributed by atoms with Gasteiger partial charge in [-0.25, -0.2) is 4.99 Å². The Balaban J connectivity index is 1.49. The summed E-state index contributed by atoms with van der Waals surface area (Å²) in [5, 5.41) is 0. The molecular weight excluding hydrogens is 368 g/mol. The molecule has 7 nitrogen and oxygen atoms in total. The average molecular weight is 396 g/mol. The fourth-order valence-electron chi connectivity index (χ4n) is 4.29. The van der Waals surface area contributed by atoms with Crippen LogP contribution in [0.5, 0.6) is 0 Å². The Morgan fingerprint density at radius 2 is 2.00 bits per heavy atom. The normalized spacial score (nSPS) is 21.9. The minimum atomic E-state index is 0.00786. The summed E-state index contributed by atoms with van der Waals surface area (Å²) >= 11 is 0. The summed E-state index contributed by atoms with van der Waals surface area (Å²) in [4.78, 5) is 36.2. The maximum atomic E-state index is 13.2. The number of morpholine rings is 1. The smallest absolute Gasteiger partial charge is 0.232 e. The maximum Gasteiger partial charge on any atom is 0.232 e. The van der Waals surface area contributed by atoms with E-state index in [1.807, 2.05) is 23.1 Å². The summed E-state index contributed by atoms with van der Waals surface area (Å²) < 4.78 is 5.38. The van der Waals surface area contributed by atoms with Crippen LogP contribution in [0.15, 0.2) is 41.2 Å². The van der Waals surface area contributed by atoms with Crippen LogP contribution >= 0.6 is 0 Å². The van der Waals surface area contributed by atoms with Crippen LogP contribution in [0.1, 0.15) is 24.3 Å². The first kappa shape index (κ1) is 19.8. The molecule has 0 aromatic heterocycles. The number of ketones is 1. The molecule has 0 unspecified atom stereocenters. The van der Waals surface area contributed by atoms with Crippen LogP contribution in [0.2, 0.25) is 0 Å². The van der Waals surface area contributed by atoms with E-state index in [2.05, 4.69) is 35.0 Å². The summed E-state index contributed by atoms with van der Waals surface area (Å²) in [6.45, 7) is 4.26. The lowest BCUT2D eigenvalue weighted by atomic mass is 10.0. The number of likely N-dealkylation sites (N-methyl/N-ethyl adjacent to an activating group) is 1. The first-order valence-electron chi connectivity index (χ1n) is 10.2. The molecule has 3 heterocycles. The minimum Gasteiger partial charge on any atom is -0.378 e. The molecule has 4 rings (SSSR count). The monoisotopic (exact) mass is 396 g/mol. The fourth-order valence-corrected chi connectivity index (χ4v) is 4.29. The summed E-state index contributed by atoms with van der Waals surface area (Å²) in [6, 6.07) is 8.12.